The number of carbonyl (C=O) groups excluding carboxylic acids is 1. The van der Waals surface area contributed by atoms with Crippen LogP contribution in [0.4, 0.5) is 8.78 Å². The molecule has 0 bridgehead atoms. The fourth-order valence-corrected chi connectivity index (χ4v) is 1.98. The molecule has 0 aliphatic carbocycles. The molecular formula is C12H13F2NO3. The summed E-state index contributed by atoms with van der Waals surface area (Å²) in [7, 11) is 1.38. The minimum atomic E-state index is -2.91. The van der Waals surface area contributed by atoms with Gasteiger partial charge < -0.3 is 14.8 Å². The number of halogens is 2. The Morgan fingerprint density at radius 2 is 2.17 bits per heavy atom. The molecule has 1 fully saturated rings. The van der Waals surface area contributed by atoms with Gasteiger partial charge in [-0.05, 0) is 17.7 Å². The molecule has 1 aliphatic heterocycles. The third-order valence-electron chi connectivity index (χ3n) is 2.85. The number of nitrogens with one attached hydrogen (secondary N) is 1. The summed E-state index contributed by atoms with van der Waals surface area (Å²) in [6.45, 7) is -2.39. The molecule has 0 aromatic heterocycles. The molecule has 0 saturated carbocycles. The molecule has 1 aliphatic rings. The highest BCUT2D eigenvalue weighted by Gasteiger charge is 2.24. The molecule has 1 atom stereocenters. The number of amides is 1. The van der Waals surface area contributed by atoms with Crippen molar-refractivity contribution in [3.63, 3.8) is 0 Å². The highest BCUT2D eigenvalue weighted by Crippen LogP contribution is 2.33. The summed E-state index contributed by atoms with van der Waals surface area (Å²) in [6, 6.07) is 4.81. The Balaban J connectivity index is 2.24. The second-order valence-corrected chi connectivity index (χ2v) is 3.99. The number of ether oxygens (including phenoxy) is 2. The van der Waals surface area contributed by atoms with E-state index in [0.29, 0.717) is 13.0 Å². The standard InChI is InChI=1S/C12H13F2NO3/c1-17-9-3-2-7(4-10(9)18-12(13)14)8-5-11(16)15-6-8/h2-4,8,12H,5-6H2,1H3,(H,15,16). The molecule has 6 heteroatoms. The summed E-state index contributed by atoms with van der Waals surface area (Å²) >= 11 is 0. The number of hydrogen-bond donors (Lipinski definition) is 1. The third-order valence-corrected chi connectivity index (χ3v) is 2.85. The van der Waals surface area contributed by atoms with Crippen LogP contribution in [0.5, 0.6) is 11.5 Å². The first-order valence-corrected chi connectivity index (χ1v) is 5.49. The summed E-state index contributed by atoms with van der Waals surface area (Å²) in [5.74, 6) is 0.191. The largest absolute Gasteiger partial charge is 0.493 e. The van der Waals surface area contributed by atoms with Gasteiger partial charge in [-0.25, -0.2) is 0 Å². The lowest BCUT2D eigenvalue weighted by molar-refractivity contribution is -0.119. The molecule has 1 amide bonds. The van der Waals surface area contributed by atoms with Gasteiger partial charge in [0.05, 0.1) is 7.11 Å². The van der Waals surface area contributed by atoms with Gasteiger partial charge in [0.25, 0.3) is 0 Å². The van der Waals surface area contributed by atoms with Crippen molar-refractivity contribution in [2.75, 3.05) is 13.7 Å². The molecule has 0 radical (unpaired) electrons. The van der Waals surface area contributed by atoms with E-state index in [1.807, 2.05) is 0 Å². The molecule has 1 aromatic carbocycles. The number of methoxy groups -OCH3 is 1. The van der Waals surface area contributed by atoms with Crippen LogP contribution < -0.4 is 14.8 Å². The van der Waals surface area contributed by atoms with Crippen molar-refractivity contribution in [1.29, 1.82) is 0 Å². The molecule has 1 unspecified atom stereocenters. The fourth-order valence-electron chi connectivity index (χ4n) is 1.98. The van der Waals surface area contributed by atoms with Gasteiger partial charge in [-0.15, -0.1) is 0 Å². The molecule has 0 spiro atoms. The maximum atomic E-state index is 12.3. The Morgan fingerprint density at radius 3 is 2.72 bits per heavy atom. The number of carbonyl (C=O) groups is 1. The summed E-state index contributed by atoms with van der Waals surface area (Å²) < 4.78 is 33.9. The number of benzene rings is 1. The predicted octanol–water partition coefficient (Wildman–Crippen LogP) is 1.90. The van der Waals surface area contributed by atoms with Gasteiger partial charge in [-0.1, -0.05) is 6.07 Å². The van der Waals surface area contributed by atoms with E-state index in [2.05, 4.69) is 10.1 Å². The monoisotopic (exact) mass is 257 g/mol. The number of hydrogen-bond acceptors (Lipinski definition) is 3. The Bertz CT molecular complexity index is 451. The van der Waals surface area contributed by atoms with E-state index in [1.165, 1.54) is 13.2 Å². The minimum absolute atomic E-state index is 0.00986. The van der Waals surface area contributed by atoms with Crippen LogP contribution in [0.2, 0.25) is 0 Å². The van der Waals surface area contributed by atoms with Crippen molar-refractivity contribution in [2.24, 2.45) is 0 Å². The molecule has 98 valence electrons. The van der Waals surface area contributed by atoms with Gasteiger partial charge in [0, 0.05) is 18.9 Å². The van der Waals surface area contributed by atoms with E-state index >= 15 is 0 Å². The van der Waals surface area contributed by atoms with Gasteiger partial charge in [0.1, 0.15) is 0 Å². The summed E-state index contributed by atoms with van der Waals surface area (Å²) in [4.78, 5) is 11.1. The zero-order valence-electron chi connectivity index (χ0n) is 9.78. The quantitative estimate of drug-likeness (QED) is 0.896. The molecule has 2 rings (SSSR count). The third kappa shape index (κ3) is 2.69. The first-order chi connectivity index (χ1) is 8.60. The summed E-state index contributed by atoms with van der Waals surface area (Å²) in [6.07, 6.45) is 0.362. The van der Waals surface area contributed by atoms with Gasteiger partial charge in [0.2, 0.25) is 5.91 Å². The van der Waals surface area contributed by atoms with Crippen LogP contribution in [-0.2, 0) is 4.79 Å². The zero-order chi connectivity index (χ0) is 13.1. The fraction of sp³-hybridized carbons (Fsp3) is 0.417. The van der Waals surface area contributed by atoms with Crippen LogP contribution in [0.25, 0.3) is 0 Å². The van der Waals surface area contributed by atoms with Crippen molar-refractivity contribution in [3.05, 3.63) is 23.8 Å². The van der Waals surface area contributed by atoms with Crippen LogP contribution in [0, 0.1) is 0 Å². The smallest absolute Gasteiger partial charge is 0.387 e. The lowest BCUT2D eigenvalue weighted by atomic mass is 9.98. The Labute approximate surface area is 103 Å². The zero-order valence-corrected chi connectivity index (χ0v) is 9.78. The van der Waals surface area contributed by atoms with Gasteiger partial charge in [0.15, 0.2) is 11.5 Å². The van der Waals surface area contributed by atoms with Crippen molar-refractivity contribution >= 4 is 5.91 Å². The summed E-state index contributed by atoms with van der Waals surface area (Å²) in [5, 5.41) is 2.70. The maximum Gasteiger partial charge on any atom is 0.387 e. The van der Waals surface area contributed by atoms with Crippen LogP contribution in [-0.4, -0.2) is 26.2 Å². The summed E-state index contributed by atoms with van der Waals surface area (Å²) in [5.41, 5.74) is 0.782. The molecule has 1 heterocycles. The van der Waals surface area contributed by atoms with Gasteiger partial charge in [-0.2, -0.15) is 8.78 Å². The predicted molar refractivity (Wildman–Crippen MR) is 60.0 cm³/mol. The van der Waals surface area contributed by atoms with Crippen molar-refractivity contribution in [2.45, 2.75) is 19.0 Å². The van der Waals surface area contributed by atoms with Crippen molar-refractivity contribution in [3.8, 4) is 11.5 Å². The topological polar surface area (TPSA) is 47.6 Å². The molecule has 1 N–H and O–H groups in total. The van der Waals surface area contributed by atoms with Gasteiger partial charge in [-0.3, -0.25) is 4.79 Å². The first-order valence-electron chi connectivity index (χ1n) is 5.49. The average Bonchev–Trinajstić information content (AvgIpc) is 2.75. The maximum absolute atomic E-state index is 12.3. The highest BCUT2D eigenvalue weighted by atomic mass is 19.3. The van der Waals surface area contributed by atoms with E-state index in [9.17, 15) is 13.6 Å². The SMILES string of the molecule is COc1ccc(C2CNC(=O)C2)cc1OC(F)F. The molecule has 18 heavy (non-hydrogen) atoms. The lowest BCUT2D eigenvalue weighted by Gasteiger charge is -2.13. The van der Waals surface area contributed by atoms with E-state index in [4.69, 9.17) is 4.74 Å². The van der Waals surface area contributed by atoms with E-state index in [0.717, 1.165) is 5.56 Å². The van der Waals surface area contributed by atoms with Crippen LogP contribution in [0.3, 0.4) is 0 Å². The minimum Gasteiger partial charge on any atom is -0.493 e. The Kier molecular flexibility index (Phi) is 3.64. The first kappa shape index (κ1) is 12.6. The molecule has 1 saturated heterocycles. The Morgan fingerprint density at radius 1 is 1.39 bits per heavy atom. The second-order valence-electron chi connectivity index (χ2n) is 3.99. The second kappa shape index (κ2) is 5.20. The lowest BCUT2D eigenvalue weighted by Crippen LogP contribution is -2.13. The molecule has 1 aromatic rings. The average molecular weight is 257 g/mol. The van der Waals surface area contributed by atoms with E-state index in [-0.39, 0.29) is 23.3 Å². The van der Waals surface area contributed by atoms with Crippen molar-refractivity contribution in [1.82, 2.24) is 5.32 Å². The molecule has 4 nitrogen and oxygen atoms in total. The number of rotatable bonds is 4. The highest BCUT2D eigenvalue weighted by molar-refractivity contribution is 5.79. The normalized spacial score (nSPS) is 18.9. The van der Waals surface area contributed by atoms with E-state index in [1.54, 1.807) is 12.1 Å². The van der Waals surface area contributed by atoms with E-state index < -0.39 is 6.61 Å². The van der Waals surface area contributed by atoms with Crippen LogP contribution in [0.15, 0.2) is 18.2 Å². The van der Waals surface area contributed by atoms with Crippen molar-refractivity contribution < 1.29 is 23.0 Å². The van der Waals surface area contributed by atoms with Gasteiger partial charge >= 0.3 is 6.61 Å². The molecular weight excluding hydrogens is 244 g/mol. The van der Waals surface area contributed by atoms with Crippen LogP contribution >= 0.6 is 0 Å². The Hall–Kier alpha value is -1.85. The number of alkyl halides is 2. The van der Waals surface area contributed by atoms with Crippen LogP contribution in [0.1, 0.15) is 17.9 Å².